The Kier molecular flexibility index (Phi) is 4.57. The molecule has 0 bridgehead atoms. The van der Waals surface area contributed by atoms with Gasteiger partial charge in [0, 0.05) is 50.3 Å². The Bertz CT molecular complexity index is 788. The van der Waals surface area contributed by atoms with Crippen LogP contribution >= 0.6 is 0 Å². The van der Waals surface area contributed by atoms with E-state index in [1.807, 2.05) is 23.1 Å². The van der Waals surface area contributed by atoms with Gasteiger partial charge in [-0.15, -0.1) is 0 Å². The summed E-state index contributed by atoms with van der Waals surface area (Å²) in [6.45, 7) is 4.33. The van der Waals surface area contributed by atoms with E-state index in [0.29, 0.717) is 30.5 Å². The van der Waals surface area contributed by atoms with Gasteiger partial charge in [-0.1, -0.05) is 0 Å². The molecule has 1 amide bonds. The third-order valence-corrected chi connectivity index (χ3v) is 4.49. The predicted octanol–water partition coefficient (Wildman–Crippen LogP) is 1.38. The number of amides is 1. The summed E-state index contributed by atoms with van der Waals surface area (Å²) in [5.74, 6) is 1.83. The molecule has 0 atom stereocenters. The molecule has 2 aliphatic heterocycles. The highest BCUT2D eigenvalue weighted by atomic mass is 16.6. The third kappa shape index (κ3) is 3.55. The van der Waals surface area contributed by atoms with Crippen LogP contribution in [0.25, 0.3) is 0 Å². The number of aromatic nitrogens is 2. The molecule has 1 N–H and O–H groups in total. The number of likely N-dealkylation sites (N-methyl/N-ethyl adjacent to an activating group) is 1. The van der Waals surface area contributed by atoms with Crippen molar-refractivity contribution in [2.45, 2.75) is 0 Å². The first-order valence-electron chi connectivity index (χ1n) is 8.65. The number of hydrogen-bond donors (Lipinski definition) is 1. The van der Waals surface area contributed by atoms with Crippen molar-refractivity contribution in [2.75, 3.05) is 51.8 Å². The van der Waals surface area contributed by atoms with E-state index in [-0.39, 0.29) is 5.91 Å². The second kappa shape index (κ2) is 7.17. The van der Waals surface area contributed by atoms with Gasteiger partial charge in [0.15, 0.2) is 11.5 Å². The lowest BCUT2D eigenvalue weighted by Gasteiger charge is -2.32. The average molecular weight is 355 g/mol. The molecule has 8 heteroatoms. The zero-order valence-corrected chi connectivity index (χ0v) is 14.6. The molecule has 8 nitrogen and oxygen atoms in total. The lowest BCUT2D eigenvalue weighted by atomic mass is 10.2. The standard InChI is InChI=1S/C18H21N5O3/c1-22-4-6-23(7-5-22)17(24)13-11-19-18(20-12-13)21-14-2-3-15-16(10-14)26-9-8-25-15/h2-3,10-12H,4-9H2,1H3,(H,19,20,21). The number of anilines is 2. The minimum Gasteiger partial charge on any atom is -0.486 e. The van der Waals surface area contributed by atoms with Gasteiger partial charge >= 0.3 is 0 Å². The van der Waals surface area contributed by atoms with Crippen LogP contribution in [0.3, 0.4) is 0 Å². The quantitative estimate of drug-likeness (QED) is 0.891. The Morgan fingerprint density at radius 3 is 2.46 bits per heavy atom. The average Bonchev–Trinajstić information content (AvgIpc) is 2.68. The van der Waals surface area contributed by atoms with E-state index in [2.05, 4.69) is 27.2 Å². The van der Waals surface area contributed by atoms with Gasteiger partial charge in [0.25, 0.3) is 5.91 Å². The van der Waals surface area contributed by atoms with E-state index in [9.17, 15) is 4.79 Å². The zero-order chi connectivity index (χ0) is 17.9. The van der Waals surface area contributed by atoms with Crippen molar-refractivity contribution < 1.29 is 14.3 Å². The number of benzene rings is 1. The number of nitrogens with one attached hydrogen (secondary N) is 1. The lowest BCUT2D eigenvalue weighted by Crippen LogP contribution is -2.47. The number of carbonyl (C=O) groups is 1. The van der Waals surface area contributed by atoms with Gasteiger partial charge in [-0.2, -0.15) is 0 Å². The summed E-state index contributed by atoms with van der Waals surface area (Å²) < 4.78 is 11.1. The van der Waals surface area contributed by atoms with Gasteiger partial charge in [0.1, 0.15) is 13.2 Å². The molecule has 0 spiro atoms. The highest BCUT2D eigenvalue weighted by molar-refractivity contribution is 5.93. The number of hydrogen-bond acceptors (Lipinski definition) is 7. The number of carbonyl (C=O) groups excluding carboxylic acids is 1. The maximum absolute atomic E-state index is 12.5. The summed E-state index contributed by atoms with van der Waals surface area (Å²) >= 11 is 0. The van der Waals surface area contributed by atoms with Crippen molar-refractivity contribution in [1.29, 1.82) is 0 Å². The van der Waals surface area contributed by atoms with Crippen LogP contribution in [-0.4, -0.2) is 72.1 Å². The van der Waals surface area contributed by atoms with Crippen molar-refractivity contribution in [2.24, 2.45) is 0 Å². The summed E-state index contributed by atoms with van der Waals surface area (Å²) in [5, 5.41) is 3.12. The molecule has 0 radical (unpaired) electrons. The molecule has 4 rings (SSSR count). The smallest absolute Gasteiger partial charge is 0.257 e. The fraction of sp³-hybridized carbons (Fsp3) is 0.389. The Labute approximate surface area is 151 Å². The monoisotopic (exact) mass is 355 g/mol. The van der Waals surface area contributed by atoms with Crippen molar-refractivity contribution in [3.63, 3.8) is 0 Å². The first kappa shape index (κ1) is 16.6. The zero-order valence-electron chi connectivity index (χ0n) is 14.6. The molecule has 1 aromatic carbocycles. The summed E-state index contributed by atoms with van der Waals surface area (Å²) in [6, 6.07) is 5.57. The van der Waals surface area contributed by atoms with Crippen LogP contribution in [0.2, 0.25) is 0 Å². The molecule has 136 valence electrons. The molecular weight excluding hydrogens is 334 g/mol. The SMILES string of the molecule is CN1CCN(C(=O)c2cnc(Nc3ccc4c(c3)OCCO4)nc2)CC1. The summed E-state index contributed by atoms with van der Waals surface area (Å²) in [7, 11) is 2.06. The van der Waals surface area contributed by atoms with Gasteiger partial charge in [-0.05, 0) is 19.2 Å². The van der Waals surface area contributed by atoms with E-state index >= 15 is 0 Å². The first-order valence-corrected chi connectivity index (χ1v) is 8.65. The largest absolute Gasteiger partial charge is 0.486 e. The number of nitrogens with zero attached hydrogens (tertiary/aromatic N) is 4. The molecule has 26 heavy (non-hydrogen) atoms. The highest BCUT2D eigenvalue weighted by Crippen LogP contribution is 2.33. The van der Waals surface area contributed by atoms with Crippen LogP contribution in [0.4, 0.5) is 11.6 Å². The molecule has 1 fully saturated rings. The van der Waals surface area contributed by atoms with Gasteiger partial charge in [0.05, 0.1) is 5.56 Å². The first-order chi connectivity index (χ1) is 12.7. The van der Waals surface area contributed by atoms with E-state index in [4.69, 9.17) is 9.47 Å². The van der Waals surface area contributed by atoms with E-state index in [1.54, 1.807) is 12.4 Å². The molecule has 2 aromatic rings. The van der Waals surface area contributed by atoms with Crippen LogP contribution in [0.1, 0.15) is 10.4 Å². The van der Waals surface area contributed by atoms with E-state index in [0.717, 1.165) is 37.6 Å². The lowest BCUT2D eigenvalue weighted by molar-refractivity contribution is 0.0663. The van der Waals surface area contributed by atoms with Crippen LogP contribution in [-0.2, 0) is 0 Å². The third-order valence-electron chi connectivity index (χ3n) is 4.49. The Morgan fingerprint density at radius 1 is 1.04 bits per heavy atom. The van der Waals surface area contributed by atoms with Crippen LogP contribution < -0.4 is 14.8 Å². The molecule has 3 heterocycles. The fourth-order valence-electron chi connectivity index (χ4n) is 2.95. The maximum atomic E-state index is 12.5. The fourth-order valence-corrected chi connectivity index (χ4v) is 2.95. The molecule has 1 saturated heterocycles. The number of ether oxygens (including phenoxy) is 2. The van der Waals surface area contributed by atoms with Crippen molar-refractivity contribution in [1.82, 2.24) is 19.8 Å². The summed E-state index contributed by atoms with van der Waals surface area (Å²) in [4.78, 5) is 25.1. The molecule has 1 aromatic heterocycles. The second-order valence-corrected chi connectivity index (χ2v) is 6.37. The predicted molar refractivity (Wildman–Crippen MR) is 96.1 cm³/mol. The summed E-state index contributed by atoms with van der Waals surface area (Å²) in [6.07, 6.45) is 3.13. The maximum Gasteiger partial charge on any atom is 0.257 e. The van der Waals surface area contributed by atoms with E-state index < -0.39 is 0 Å². The van der Waals surface area contributed by atoms with Gasteiger partial charge < -0.3 is 24.6 Å². The van der Waals surface area contributed by atoms with Gasteiger partial charge in [0.2, 0.25) is 5.95 Å². The summed E-state index contributed by atoms with van der Waals surface area (Å²) in [5.41, 5.74) is 1.30. The topological polar surface area (TPSA) is 79.8 Å². The highest BCUT2D eigenvalue weighted by Gasteiger charge is 2.21. The molecule has 2 aliphatic rings. The van der Waals surface area contributed by atoms with E-state index in [1.165, 1.54) is 0 Å². The molecule has 0 saturated carbocycles. The van der Waals surface area contributed by atoms with Crippen molar-refractivity contribution in [3.05, 3.63) is 36.2 Å². The number of fused-ring (bicyclic) bond motifs is 1. The van der Waals surface area contributed by atoms with Gasteiger partial charge in [-0.25, -0.2) is 9.97 Å². The number of rotatable bonds is 3. The second-order valence-electron chi connectivity index (χ2n) is 6.37. The molecular formula is C18H21N5O3. The van der Waals surface area contributed by atoms with Crippen LogP contribution in [0.5, 0.6) is 11.5 Å². The van der Waals surface area contributed by atoms with Crippen molar-refractivity contribution in [3.8, 4) is 11.5 Å². The Hall–Kier alpha value is -2.87. The van der Waals surface area contributed by atoms with Crippen LogP contribution in [0, 0.1) is 0 Å². The minimum absolute atomic E-state index is 0.0241. The molecule has 0 aliphatic carbocycles. The van der Waals surface area contributed by atoms with Crippen LogP contribution in [0.15, 0.2) is 30.6 Å². The normalized spacial score (nSPS) is 17.0. The Morgan fingerprint density at radius 2 is 1.73 bits per heavy atom. The number of piperazine rings is 1. The van der Waals surface area contributed by atoms with Crippen molar-refractivity contribution >= 4 is 17.5 Å². The molecule has 0 unspecified atom stereocenters. The Balaban J connectivity index is 1.42. The van der Waals surface area contributed by atoms with Gasteiger partial charge in [-0.3, -0.25) is 4.79 Å². The minimum atomic E-state index is -0.0241.